The Bertz CT molecular complexity index is 1280. The van der Waals surface area contributed by atoms with Gasteiger partial charge in [-0.3, -0.25) is 10.1 Å². The number of likely N-dealkylation sites (N-methyl/N-ethyl adjacent to an activating group) is 1. The van der Waals surface area contributed by atoms with E-state index in [1.165, 1.54) is 16.2 Å². The second kappa shape index (κ2) is 11.8. The monoisotopic (exact) mass is 502 g/mol. The zero-order valence-corrected chi connectivity index (χ0v) is 21.3. The molecule has 0 saturated heterocycles. The molecule has 1 atom stereocenters. The zero-order chi connectivity index (χ0) is 25.5. The van der Waals surface area contributed by atoms with Crippen LogP contribution >= 0.6 is 11.3 Å². The van der Waals surface area contributed by atoms with Crippen LogP contribution in [0, 0.1) is 11.3 Å². The van der Waals surface area contributed by atoms with Crippen molar-refractivity contribution in [1.82, 2.24) is 15.2 Å². The maximum atomic E-state index is 13.0. The molecule has 0 radical (unpaired) electrons. The lowest BCUT2D eigenvalue weighted by Gasteiger charge is -2.20. The van der Waals surface area contributed by atoms with Crippen molar-refractivity contribution in [1.29, 1.82) is 5.26 Å². The number of hydrogen-bond acceptors (Lipinski definition) is 6. The number of aromatic nitrogens is 1. The number of thiazole rings is 1. The molecule has 0 bridgehead atoms. The third kappa shape index (κ3) is 6.47. The van der Waals surface area contributed by atoms with Crippen molar-refractivity contribution in [2.75, 3.05) is 24.2 Å². The molecular formula is C27H30N6O2S. The molecule has 2 aromatic carbocycles. The lowest BCUT2D eigenvalue weighted by Crippen LogP contribution is -2.32. The van der Waals surface area contributed by atoms with Crippen molar-refractivity contribution in [2.45, 2.75) is 45.2 Å². The lowest BCUT2D eigenvalue weighted by atomic mass is 9.99. The topological polar surface area (TPSA) is 110 Å². The van der Waals surface area contributed by atoms with Gasteiger partial charge in [0, 0.05) is 35.6 Å². The standard InChI is InChI=1S/C27H30N6O2S/c1-3-4-11-22(30-26(35)29-21-10-5-7-18(14-21)16-28)19-8-6-9-20(15-19)25(34)32-27-31-23-12-13-33(2)17-24(23)36-27/h5-10,14-15,22H,3-4,11-13,17H2,1-2H3,(H2,29,30,35)(H,31,32,34)/t22-/m1/s1. The minimum atomic E-state index is -0.362. The molecular weight excluding hydrogens is 472 g/mol. The molecule has 1 aliphatic heterocycles. The van der Waals surface area contributed by atoms with Crippen LogP contribution in [0.15, 0.2) is 48.5 Å². The van der Waals surface area contributed by atoms with Gasteiger partial charge < -0.3 is 15.5 Å². The highest BCUT2D eigenvalue weighted by molar-refractivity contribution is 7.15. The Morgan fingerprint density at radius 2 is 2.03 bits per heavy atom. The number of rotatable bonds is 8. The second-order valence-electron chi connectivity index (χ2n) is 8.94. The summed E-state index contributed by atoms with van der Waals surface area (Å²) in [6, 6.07) is 15.6. The number of amides is 3. The van der Waals surface area contributed by atoms with Gasteiger partial charge in [-0.15, -0.1) is 11.3 Å². The molecule has 0 saturated carbocycles. The van der Waals surface area contributed by atoms with Crippen molar-refractivity contribution in [3.63, 3.8) is 0 Å². The minimum absolute atomic E-state index is 0.219. The van der Waals surface area contributed by atoms with E-state index in [1.807, 2.05) is 18.2 Å². The highest BCUT2D eigenvalue weighted by Gasteiger charge is 2.20. The van der Waals surface area contributed by atoms with Crippen LogP contribution in [0.5, 0.6) is 0 Å². The number of urea groups is 1. The first-order valence-electron chi connectivity index (χ1n) is 12.1. The summed E-state index contributed by atoms with van der Waals surface area (Å²) in [5.74, 6) is -0.219. The smallest absolute Gasteiger partial charge is 0.319 e. The Morgan fingerprint density at radius 1 is 1.19 bits per heavy atom. The number of nitriles is 1. The Balaban J connectivity index is 1.45. The normalized spacial score (nSPS) is 13.8. The maximum Gasteiger partial charge on any atom is 0.319 e. The molecule has 1 aromatic heterocycles. The highest BCUT2D eigenvalue weighted by atomic mass is 32.1. The molecule has 3 N–H and O–H groups in total. The quantitative estimate of drug-likeness (QED) is 0.387. The number of benzene rings is 2. The van der Waals surface area contributed by atoms with Gasteiger partial charge in [0.25, 0.3) is 5.91 Å². The summed E-state index contributed by atoms with van der Waals surface area (Å²) in [4.78, 5) is 33.8. The Kier molecular flexibility index (Phi) is 8.31. The first-order chi connectivity index (χ1) is 17.4. The van der Waals surface area contributed by atoms with Crippen LogP contribution in [-0.4, -0.2) is 35.4 Å². The number of anilines is 2. The molecule has 2 heterocycles. The van der Waals surface area contributed by atoms with Crippen LogP contribution in [0.3, 0.4) is 0 Å². The predicted molar refractivity (Wildman–Crippen MR) is 142 cm³/mol. The van der Waals surface area contributed by atoms with Crippen molar-refractivity contribution in [3.05, 3.63) is 75.8 Å². The fourth-order valence-electron chi connectivity index (χ4n) is 4.16. The molecule has 3 amide bonds. The highest BCUT2D eigenvalue weighted by Crippen LogP contribution is 2.28. The number of carbonyl (C=O) groups excluding carboxylic acids is 2. The van der Waals surface area contributed by atoms with Crippen molar-refractivity contribution in [3.8, 4) is 6.07 Å². The second-order valence-corrected chi connectivity index (χ2v) is 10.0. The molecule has 0 unspecified atom stereocenters. The summed E-state index contributed by atoms with van der Waals surface area (Å²) in [6.45, 7) is 3.92. The fraction of sp³-hybridized carbons (Fsp3) is 0.333. The van der Waals surface area contributed by atoms with E-state index < -0.39 is 0 Å². The average Bonchev–Trinajstić information content (AvgIpc) is 3.27. The van der Waals surface area contributed by atoms with Gasteiger partial charge in [0.1, 0.15) is 0 Å². The number of carbonyl (C=O) groups is 2. The third-order valence-electron chi connectivity index (χ3n) is 6.09. The van der Waals surface area contributed by atoms with Crippen molar-refractivity contribution in [2.24, 2.45) is 0 Å². The first kappa shape index (κ1) is 25.4. The van der Waals surface area contributed by atoms with Gasteiger partial charge in [-0.25, -0.2) is 9.78 Å². The SMILES string of the molecule is CCCC[C@@H](NC(=O)Nc1cccc(C#N)c1)c1cccc(C(=O)Nc2nc3c(s2)CN(C)CC3)c1. The zero-order valence-electron chi connectivity index (χ0n) is 20.5. The van der Waals surface area contributed by atoms with E-state index in [2.05, 4.69) is 45.9 Å². The van der Waals surface area contributed by atoms with Crippen LogP contribution in [0.25, 0.3) is 0 Å². The van der Waals surface area contributed by atoms with Gasteiger partial charge in [-0.1, -0.05) is 38.0 Å². The number of fused-ring (bicyclic) bond motifs is 1. The van der Waals surface area contributed by atoms with Gasteiger partial charge in [0.15, 0.2) is 5.13 Å². The van der Waals surface area contributed by atoms with Gasteiger partial charge >= 0.3 is 6.03 Å². The molecule has 0 aliphatic carbocycles. The van der Waals surface area contributed by atoms with Crippen LogP contribution in [0.1, 0.15) is 64.3 Å². The van der Waals surface area contributed by atoms with E-state index in [9.17, 15) is 9.59 Å². The third-order valence-corrected chi connectivity index (χ3v) is 7.09. The summed E-state index contributed by atoms with van der Waals surface area (Å²) in [6.07, 6.45) is 3.53. The Labute approximate surface area is 215 Å². The van der Waals surface area contributed by atoms with Crippen LogP contribution in [-0.2, 0) is 13.0 Å². The van der Waals surface area contributed by atoms with E-state index in [-0.39, 0.29) is 18.0 Å². The van der Waals surface area contributed by atoms with Crippen LogP contribution in [0.2, 0.25) is 0 Å². The largest absolute Gasteiger partial charge is 0.331 e. The van der Waals surface area contributed by atoms with Crippen LogP contribution in [0.4, 0.5) is 15.6 Å². The summed E-state index contributed by atoms with van der Waals surface area (Å²) in [5.41, 5.74) is 3.46. The van der Waals surface area contributed by atoms with Gasteiger partial charge in [0.2, 0.25) is 0 Å². The van der Waals surface area contributed by atoms with E-state index in [0.717, 1.165) is 50.0 Å². The first-order valence-corrected chi connectivity index (χ1v) is 12.9. The van der Waals surface area contributed by atoms with E-state index >= 15 is 0 Å². The van der Waals surface area contributed by atoms with Gasteiger partial charge in [0.05, 0.1) is 23.4 Å². The molecule has 186 valence electrons. The minimum Gasteiger partial charge on any atom is -0.331 e. The number of nitrogens with zero attached hydrogens (tertiary/aromatic N) is 3. The van der Waals surface area contributed by atoms with E-state index in [1.54, 1.807) is 30.3 Å². The lowest BCUT2D eigenvalue weighted by molar-refractivity contribution is 0.102. The van der Waals surface area contributed by atoms with Gasteiger partial charge in [-0.2, -0.15) is 5.26 Å². The number of nitrogens with one attached hydrogen (secondary N) is 3. The Morgan fingerprint density at radius 3 is 2.83 bits per heavy atom. The van der Waals surface area contributed by atoms with E-state index in [0.29, 0.717) is 21.9 Å². The maximum absolute atomic E-state index is 13.0. The van der Waals surface area contributed by atoms with Crippen LogP contribution < -0.4 is 16.0 Å². The summed E-state index contributed by atoms with van der Waals surface area (Å²) < 4.78 is 0. The molecule has 9 heteroatoms. The van der Waals surface area contributed by atoms with Gasteiger partial charge in [-0.05, 0) is 49.4 Å². The molecule has 4 rings (SSSR count). The molecule has 0 spiro atoms. The molecule has 36 heavy (non-hydrogen) atoms. The van der Waals surface area contributed by atoms with Crippen molar-refractivity contribution >= 4 is 34.1 Å². The molecule has 0 fully saturated rings. The van der Waals surface area contributed by atoms with E-state index in [4.69, 9.17) is 5.26 Å². The molecule has 8 nitrogen and oxygen atoms in total. The number of unbranched alkanes of at least 4 members (excludes halogenated alkanes) is 1. The predicted octanol–water partition coefficient (Wildman–Crippen LogP) is 5.31. The summed E-state index contributed by atoms with van der Waals surface area (Å²) in [5, 5.41) is 18.5. The number of hydrogen-bond donors (Lipinski definition) is 3. The summed E-state index contributed by atoms with van der Waals surface area (Å²) >= 11 is 1.53. The fourth-order valence-corrected chi connectivity index (χ4v) is 5.25. The molecule has 3 aromatic rings. The molecule has 1 aliphatic rings. The summed E-state index contributed by atoms with van der Waals surface area (Å²) in [7, 11) is 2.08. The van der Waals surface area contributed by atoms with Crippen molar-refractivity contribution < 1.29 is 9.59 Å². The Hall–Kier alpha value is -3.74. The average molecular weight is 503 g/mol.